The number of amides is 2. The number of carbonyl (C=O) groups excluding carboxylic acids is 3. The lowest BCUT2D eigenvalue weighted by atomic mass is 10.0. The van der Waals surface area contributed by atoms with Crippen LogP contribution in [0.3, 0.4) is 0 Å². The molecule has 2 N–H and O–H groups in total. The molecule has 0 saturated carbocycles. The van der Waals surface area contributed by atoms with Crippen molar-refractivity contribution < 1.29 is 28.3 Å². The van der Waals surface area contributed by atoms with Crippen LogP contribution >= 0.6 is 0 Å². The van der Waals surface area contributed by atoms with E-state index in [2.05, 4.69) is 20.8 Å². The zero-order chi connectivity index (χ0) is 21.1. The molecule has 0 saturated heterocycles. The first-order chi connectivity index (χ1) is 14.6. The SMILES string of the molecule is CCOC(=O)C1=C(COC(=O)c2ccc3nncn3c2)NC(=O)NC1c1ccco1. The molecule has 11 nitrogen and oxygen atoms in total. The molecular formula is C19H17N5O6. The van der Waals surface area contributed by atoms with Gasteiger partial charge in [0.25, 0.3) is 0 Å². The number of nitrogens with one attached hydrogen (secondary N) is 2. The standard InChI is InChI=1S/C19H17N5O6/c1-2-28-18(26)15-12(21-19(27)22-16(15)13-4-3-7-29-13)9-30-17(25)11-5-6-14-23-20-10-24(14)8-11/h3-8,10,16H,2,9H2,1H3,(H2,21,22,27). The van der Waals surface area contributed by atoms with Crippen molar-refractivity contribution in [3.8, 4) is 0 Å². The number of hydrogen-bond acceptors (Lipinski definition) is 8. The lowest BCUT2D eigenvalue weighted by Crippen LogP contribution is -2.47. The van der Waals surface area contributed by atoms with E-state index in [-0.39, 0.29) is 30.0 Å². The normalized spacial score (nSPS) is 16.2. The zero-order valence-corrected chi connectivity index (χ0v) is 15.8. The van der Waals surface area contributed by atoms with Crippen LogP contribution in [0.15, 0.2) is 58.7 Å². The Morgan fingerprint density at radius 1 is 1.23 bits per heavy atom. The van der Waals surface area contributed by atoms with Crippen LogP contribution in [0, 0.1) is 0 Å². The van der Waals surface area contributed by atoms with Crippen molar-refractivity contribution in [2.45, 2.75) is 13.0 Å². The quantitative estimate of drug-likeness (QED) is 0.580. The van der Waals surface area contributed by atoms with E-state index in [4.69, 9.17) is 13.9 Å². The highest BCUT2D eigenvalue weighted by Gasteiger charge is 2.35. The Balaban J connectivity index is 1.60. The highest BCUT2D eigenvalue weighted by atomic mass is 16.5. The largest absolute Gasteiger partial charge is 0.467 e. The zero-order valence-electron chi connectivity index (χ0n) is 15.8. The minimum atomic E-state index is -0.880. The van der Waals surface area contributed by atoms with Gasteiger partial charge in [-0.1, -0.05) is 0 Å². The molecule has 4 rings (SSSR count). The van der Waals surface area contributed by atoms with E-state index < -0.39 is 24.0 Å². The summed E-state index contributed by atoms with van der Waals surface area (Å²) in [5.74, 6) is -0.971. The number of hydrogen-bond donors (Lipinski definition) is 2. The van der Waals surface area contributed by atoms with Crippen LogP contribution in [0.2, 0.25) is 0 Å². The van der Waals surface area contributed by atoms with Crippen molar-refractivity contribution in [2.24, 2.45) is 0 Å². The summed E-state index contributed by atoms with van der Waals surface area (Å²) in [6.45, 7) is 1.45. The second kappa shape index (κ2) is 8.07. The molecule has 1 aliphatic rings. The third kappa shape index (κ3) is 3.72. The number of pyridine rings is 1. The van der Waals surface area contributed by atoms with Crippen molar-refractivity contribution in [3.63, 3.8) is 0 Å². The number of urea groups is 1. The summed E-state index contributed by atoms with van der Waals surface area (Å²) in [6.07, 6.45) is 4.40. The molecule has 0 bridgehead atoms. The Morgan fingerprint density at radius 3 is 2.87 bits per heavy atom. The molecule has 30 heavy (non-hydrogen) atoms. The average Bonchev–Trinajstić information content (AvgIpc) is 3.42. The van der Waals surface area contributed by atoms with Gasteiger partial charge < -0.3 is 24.5 Å². The molecule has 1 atom stereocenters. The maximum absolute atomic E-state index is 12.6. The average molecular weight is 411 g/mol. The number of furan rings is 1. The summed E-state index contributed by atoms with van der Waals surface area (Å²) < 4.78 is 17.4. The van der Waals surface area contributed by atoms with Gasteiger partial charge in [-0.25, -0.2) is 14.4 Å². The second-order valence-corrected chi connectivity index (χ2v) is 6.25. The Morgan fingerprint density at radius 2 is 2.10 bits per heavy atom. The summed E-state index contributed by atoms with van der Waals surface area (Å²) >= 11 is 0. The molecule has 0 aromatic carbocycles. The molecule has 3 aromatic rings. The van der Waals surface area contributed by atoms with Crippen LogP contribution < -0.4 is 10.6 Å². The first-order valence-electron chi connectivity index (χ1n) is 9.04. The fraction of sp³-hybridized carbons (Fsp3) is 0.211. The third-order valence-electron chi connectivity index (χ3n) is 4.35. The van der Waals surface area contributed by atoms with E-state index in [0.29, 0.717) is 11.4 Å². The smallest absolute Gasteiger partial charge is 0.340 e. The van der Waals surface area contributed by atoms with Crippen molar-refractivity contribution >= 4 is 23.6 Å². The Labute approximate surface area is 169 Å². The fourth-order valence-corrected chi connectivity index (χ4v) is 3.02. The van der Waals surface area contributed by atoms with Gasteiger partial charge in [0.2, 0.25) is 0 Å². The van der Waals surface area contributed by atoms with E-state index in [9.17, 15) is 14.4 Å². The second-order valence-electron chi connectivity index (χ2n) is 6.25. The third-order valence-corrected chi connectivity index (χ3v) is 4.35. The molecule has 0 radical (unpaired) electrons. The van der Waals surface area contributed by atoms with Gasteiger partial charge in [-0.2, -0.15) is 0 Å². The predicted molar refractivity (Wildman–Crippen MR) is 100 cm³/mol. The molecular weight excluding hydrogens is 394 g/mol. The molecule has 0 fully saturated rings. The number of nitrogens with zero attached hydrogens (tertiary/aromatic N) is 3. The van der Waals surface area contributed by atoms with Crippen LogP contribution in [0.5, 0.6) is 0 Å². The number of esters is 2. The molecule has 4 heterocycles. The summed E-state index contributed by atoms with van der Waals surface area (Å²) in [5.41, 5.74) is 1.03. The number of carbonyl (C=O) groups is 3. The maximum Gasteiger partial charge on any atom is 0.340 e. The van der Waals surface area contributed by atoms with E-state index in [1.54, 1.807) is 35.6 Å². The van der Waals surface area contributed by atoms with E-state index in [1.807, 2.05) is 0 Å². The number of rotatable bonds is 6. The molecule has 2 amide bonds. The Bertz CT molecular complexity index is 1130. The van der Waals surface area contributed by atoms with Crippen LogP contribution in [0.4, 0.5) is 4.79 Å². The highest BCUT2D eigenvalue weighted by molar-refractivity contribution is 5.95. The van der Waals surface area contributed by atoms with Gasteiger partial charge >= 0.3 is 18.0 Å². The minimum Gasteiger partial charge on any atom is -0.467 e. The molecule has 11 heteroatoms. The van der Waals surface area contributed by atoms with Crippen LogP contribution in [-0.2, 0) is 14.3 Å². The van der Waals surface area contributed by atoms with E-state index >= 15 is 0 Å². The molecule has 1 aliphatic heterocycles. The number of aromatic nitrogens is 3. The minimum absolute atomic E-state index is 0.0912. The summed E-state index contributed by atoms with van der Waals surface area (Å²) in [5, 5.41) is 12.7. The first-order valence-corrected chi connectivity index (χ1v) is 9.04. The van der Waals surface area contributed by atoms with Gasteiger partial charge in [-0.15, -0.1) is 10.2 Å². The van der Waals surface area contributed by atoms with Crippen molar-refractivity contribution in [2.75, 3.05) is 13.2 Å². The number of fused-ring (bicyclic) bond motifs is 1. The Kier molecular flexibility index (Phi) is 5.16. The van der Waals surface area contributed by atoms with Gasteiger partial charge in [0, 0.05) is 6.20 Å². The fourth-order valence-electron chi connectivity index (χ4n) is 3.02. The van der Waals surface area contributed by atoms with Crippen molar-refractivity contribution in [3.05, 3.63) is 65.6 Å². The van der Waals surface area contributed by atoms with Gasteiger partial charge in [0.05, 0.1) is 29.7 Å². The topological polar surface area (TPSA) is 137 Å². The van der Waals surface area contributed by atoms with E-state index in [1.165, 1.54) is 18.8 Å². The van der Waals surface area contributed by atoms with E-state index in [0.717, 1.165) is 0 Å². The van der Waals surface area contributed by atoms with Crippen LogP contribution in [0.25, 0.3) is 5.65 Å². The monoisotopic (exact) mass is 411 g/mol. The van der Waals surface area contributed by atoms with Gasteiger partial charge in [0.15, 0.2) is 5.65 Å². The summed E-state index contributed by atoms with van der Waals surface area (Å²) in [4.78, 5) is 37.2. The lowest BCUT2D eigenvalue weighted by molar-refractivity contribution is -0.139. The predicted octanol–water partition coefficient (Wildman–Crippen LogP) is 1.35. The molecule has 154 valence electrons. The van der Waals surface area contributed by atoms with Gasteiger partial charge in [0.1, 0.15) is 24.7 Å². The summed E-state index contributed by atoms with van der Waals surface area (Å²) in [7, 11) is 0. The highest BCUT2D eigenvalue weighted by Crippen LogP contribution is 2.28. The maximum atomic E-state index is 12.6. The lowest BCUT2D eigenvalue weighted by Gasteiger charge is -2.27. The molecule has 0 aliphatic carbocycles. The van der Waals surface area contributed by atoms with Gasteiger partial charge in [-0.05, 0) is 31.2 Å². The van der Waals surface area contributed by atoms with Gasteiger partial charge in [-0.3, -0.25) is 4.40 Å². The number of ether oxygens (including phenoxy) is 2. The van der Waals surface area contributed by atoms with Crippen LogP contribution in [-0.4, -0.2) is 45.8 Å². The molecule has 1 unspecified atom stereocenters. The molecule has 3 aromatic heterocycles. The van der Waals surface area contributed by atoms with Crippen molar-refractivity contribution in [1.82, 2.24) is 25.2 Å². The Hall–Kier alpha value is -4.15. The van der Waals surface area contributed by atoms with Crippen LogP contribution in [0.1, 0.15) is 29.1 Å². The molecule has 0 spiro atoms. The van der Waals surface area contributed by atoms with Crippen molar-refractivity contribution in [1.29, 1.82) is 0 Å². The summed E-state index contributed by atoms with van der Waals surface area (Å²) in [6, 6.07) is 4.96. The first kappa shape index (κ1) is 19.2.